The minimum absolute atomic E-state index is 0.141. The van der Waals surface area contributed by atoms with Gasteiger partial charge in [-0.15, -0.1) is 0 Å². The summed E-state index contributed by atoms with van der Waals surface area (Å²) < 4.78 is 37.4. The molecule has 0 spiro atoms. The molecule has 1 aliphatic carbocycles. The monoisotopic (exact) mass is 257 g/mol. The van der Waals surface area contributed by atoms with Crippen molar-refractivity contribution < 1.29 is 13.2 Å². The Balaban J connectivity index is 2.09. The standard InChI is InChI=1S/C14H18F3N/c15-14(16,17)13(18)12-8-6-11(7-9-12)10-4-2-1-3-5-10/h6-10,13H,1-5,18H2/t13-/m1/s1. The fourth-order valence-corrected chi connectivity index (χ4v) is 2.60. The third-order valence-electron chi connectivity index (χ3n) is 3.72. The summed E-state index contributed by atoms with van der Waals surface area (Å²) in [6.07, 6.45) is 1.62. The molecule has 1 saturated carbocycles. The molecule has 0 amide bonds. The molecule has 1 atom stereocenters. The zero-order valence-corrected chi connectivity index (χ0v) is 10.2. The largest absolute Gasteiger partial charge is 0.407 e. The zero-order valence-electron chi connectivity index (χ0n) is 10.2. The van der Waals surface area contributed by atoms with Gasteiger partial charge in [-0.2, -0.15) is 13.2 Å². The maximum atomic E-state index is 12.5. The normalized spacial score (nSPS) is 19.8. The Kier molecular flexibility index (Phi) is 3.95. The van der Waals surface area contributed by atoms with Crippen LogP contribution in [0, 0.1) is 0 Å². The highest BCUT2D eigenvalue weighted by molar-refractivity contribution is 5.28. The zero-order chi connectivity index (χ0) is 13.2. The van der Waals surface area contributed by atoms with E-state index >= 15 is 0 Å². The lowest BCUT2D eigenvalue weighted by Gasteiger charge is -2.23. The number of nitrogens with two attached hydrogens (primary N) is 1. The van der Waals surface area contributed by atoms with Crippen molar-refractivity contribution in [2.24, 2.45) is 5.73 Å². The van der Waals surface area contributed by atoms with Crippen LogP contribution in [-0.2, 0) is 0 Å². The topological polar surface area (TPSA) is 26.0 Å². The molecule has 1 nitrogen and oxygen atoms in total. The Morgan fingerprint density at radius 3 is 2.06 bits per heavy atom. The van der Waals surface area contributed by atoms with Crippen LogP contribution in [0.15, 0.2) is 24.3 Å². The van der Waals surface area contributed by atoms with Gasteiger partial charge in [0.2, 0.25) is 0 Å². The highest BCUT2D eigenvalue weighted by Gasteiger charge is 2.37. The predicted octanol–water partition coefficient (Wildman–Crippen LogP) is 4.30. The first kappa shape index (κ1) is 13.4. The summed E-state index contributed by atoms with van der Waals surface area (Å²) >= 11 is 0. The van der Waals surface area contributed by atoms with E-state index in [0.29, 0.717) is 5.92 Å². The summed E-state index contributed by atoms with van der Waals surface area (Å²) in [4.78, 5) is 0. The third-order valence-corrected chi connectivity index (χ3v) is 3.72. The molecule has 0 saturated heterocycles. The van der Waals surface area contributed by atoms with Crippen LogP contribution in [0.3, 0.4) is 0 Å². The summed E-state index contributed by atoms with van der Waals surface area (Å²) in [6.45, 7) is 0. The fraction of sp³-hybridized carbons (Fsp3) is 0.571. The molecule has 100 valence electrons. The lowest BCUT2D eigenvalue weighted by atomic mass is 9.84. The van der Waals surface area contributed by atoms with E-state index in [-0.39, 0.29) is 5.56 Å². The predicted molar refractivity (Wildman–Crippen MR) is 65.3 cm³/mol. The fourth-order valence-electron chi connectivity index (χ4n) is 2.60. The van der Waals surface area contributed by atoms with Crippen LogP contribution >= 0.6 is 0 Å². The van der Waals surface area contributed by atoms with E-state index in [2.05, 4.69) is 0 Å². The molecule has 2 N–H and O–H groups in total. The van der Waals surface area contributed by atoms with E-state index in [0.717, 1.165) is 18.4 Å². The summed E-state index contributed by atoms with van der Waals surface area (Å²) in [5.74, 6) is 0.509. The van der Waals surface area contributed by atoms with Crippen LogP contribution in [0.5, 0.6) is 0 Å². The molecule has 0 unspecified atom stereocenters. The summed E-state index contributed by atoms with van der Waals surface area (Å²) in [5, 5.41) is 0. The van der Waals surface area contributed by atoms with Crippen LogP contribution in [0.4, 0.5) is 13.2 Å². The number of benzene rings is 1. The molecular formula is C14H18F3N. The molecule has 2 rings (SSSR count). The first-order valence-corrected chi connectivity index (χ1v) is 6.40. The van der Waals surface area contributed by atoms with Gasteiger partial charge in [0.1, 0.15) is 6.04 Å². The number of hydrogen-bond donors (Lipinski definition) is 1. The van der Waals surface area contributed by atoms with E-state index in [1.165, 1.54) is 31.4 Å². The molecule has 0 heterocycles. The first-order chi connectivity index (χ1) is 8.48. The maximum Gasteiger partial charge on any atom is 0.407 e. The van der Waals surface area contributed by atoms with Gasteiger partial charge in [-0.05, 0) is 29.9 Å². The number of alkyl halides is 3. The van der Waals surface area contributed by atoms with Crippen molar-refractivity contribution in [1.29, 1.82) is 0 Å². The van der Waals surface area contributed by atoms with Crippen molar-refractivity contribution in [2.75, 3.05) is 0 Å². The smallest absolute Gasteiger partial charge is 0.316 e. The Bertz CT molecular complexity index is 377. The van der Waals surface area contributed by atoms with Crippen molar-refractivity contribution in [3.63, 3.8) is 0 Å². The Morgan fingerprint density at radius 2 is 1.56 bits per heavy atom. The second kappa shape index (κ2) is 5.31. The van der Waals surface area contributed by atoms with Gasteiger partial charge in [0, 0.05) is 0 Å². The van der Waals surface area contributed by atoms with E-state index in [1.54, 1.807) is 12.1 Å². The summed E-state index contributed by atoms with van der Waals surface area (Å²) in [7, 11) is 0. The van der Waals surface area contributed by atoms with Gasteiger partial charge in [0.25, 0.3) is 0 Å². The Morgan fingerprint density at radius 1 is 1.00 bits per heavy atom. The van der Waals surface area contributed by atoms with Gasteiger partial charge in [-0.1, -0.05) is 43.5 Å². The van der Waals surface area contributed by atoms with Crippen molar-refractivity contribution in [3.8, 4) is 0 Å². The minimum atomic E-state index is -4.37. The molecule has 1 aromatic carbocycles. The van der Waals surface area contributed by atoms with Gasteiger partial charge in [0.05, 0.1) is 0 Å². The van der Waals surface area contributed by atoms with Crippen LogP contribution in [0.1, 0.15) is 55.2 Å². The van der Waals surface area contributed by atoms with Crippen LogP contribution < -0.4 is 5.73 Å². The van der Waals surface area contributed by atoms with Crippen molar-refractivity contribution in [1.82, 2.24) is 0 Å². The number of rotatable bonds is 2. The van der Waals surface area contributed by atoms with Gasteiger partial charge in [-0.25, -0.2) is 0 Å². The minimum Gasteiger partial charge on any atom is -0.316 e. The van der Waals surface area contributed by atoms with Gasteiger partial charge >= 0.3 is 6.18 Å². The molecule has 0 aliphatic heterocycles. The molecule has 0 radical (unpaired) electrons. The second-order valence-corrected chi connectivity index (χ2v) is 5.02. The number of hydrogen-bond acceptors (Lipinski definition) is 1. The molecule has 18 heavy (non-hydrogen) atoms. The highest BCUT2D eigenvalue weighted by atomic mass is 19.4. The SMILES string of the molecule is N[C@H](c1ccc(C2CCCCC2)cc1)C(F)(F)F. The van der Waals surface area contributed by atoms with E-state index in [4.69, 9.17) is 5.73 Å². The molecule has 1 aliphatic rings. The van der Waals surface area contributed by atoms with Crippen LogP contribution in [-0.4, -0.2) is 6.18 Å². The third kappa shape index (κ3) is 3.05. The van der Waals surface area contributed by atoms with Crippen LogP contribution in [0.25, 0.3) is 0 Å². The highest BCUT2D eigenvalue weighted by Crippen LogP contribution is 2.34. The van der Waals surface area contributed by atoms with Gasteiger partial charge in [-0.3, -0.25) is 0 Å². The molecular weight excluding hydrogens is 239 g/mol. The van der Waals surface area contributed by atoms with Crippen molar-refractivity contribution in [2.45, 2.75) is 50.2 Å². The summed E-state index contributed by atoms with van der Waals surface area (Å²) in [5.41, 5.74) is 6.46. The van der Waals surface area contributed by atoms with E-state index in [9.17, 15) is 13.2 Å². The molecule has 1 fully saturated rings. The number of halogens is 3. The maximum absolute atomic E-state index is 12.5. The molecule has 1 aromatic rings. The second-order valence-electron chi connectivity index (χ2n) is 5.02. The van der Waals surface area contributed by atoms with Crippen LogP contribution in [0.2, 0.25) is 0 Å². The van der Waals surface area contributed by atoms with Crippen molar-refractivity contribution in [3.05, 3.63) is 35.4 Å². The lowest BCUT2D eigenvalue weighted by Crippen LogP contribution is -2.28. The molecule has 4 heteroatoms. The van der Waals surface area contributed by atoms with E-state index < -0.39 is 12.2 Å². The molecule has 0 aromatic heterocycles. The quantitative estimate of drug-likeness (QED) is 0.840. The first-order valence-electron chi connectivity index (χ1n) is 6.40. The summed E-state index contributed by atoms with van der Waals surface area (Å²) in [6, 6.07) is 4.76. The van der Waals surface area contributed by atoms with Gasteiger partial charge < -0.3 is 5.73 Å². The lowest BCUT2D eigenvalue weighted by molar-refractivity contribution is -0.149. The Labute approximate surface area is 105 Å². The van der Waals surface area contributed by atoms with E-state index in [1.807, 2.05) is 0 Å². The average molecular weight is 257 g/mol. The molecule has 0 bridgehead atoms. The Hall–Kier alpha value is -1.03. The van der Waals surface area contributed by atoms with Crippen molar-refractivity contribution >= 4 is 0 Å². The van der Waals surface area contributed by atoms with Gasteiger partial charge in [0.15, 0.2) is 0 Å². The average Bonchev–Trinajstić information content (AvgIpc) is 2.38.